The van der Waals surface area contributed by atoms with Gasteiger partial charge in [-0.15, -0.1) is 11.8 Å². The topological polar surface area (TPSA) is 12.9 Å². The van der Waals surface area contributed by atoms with Crippen LogP contribution in [-0.2, 0) is 0 Å². The molecule has 4 aromatic rings. The van der Waals surface area contributed by atoms with Crippen molar-refractivity contribution in [2.45, 2.75) is 11.9 Å². The highest BCUT2D eigenvalue weighted by atomic mass is 32.2. The van der Waals surface area contributed by atoms with Gasteiger partial charge in [0.05, 0.1) is 5.52 Å². The van der Waals surface area contributed by atoms with Crippen LogP contribution < -0.4 is 0 Å². The smallest absolute Gasteiger partial charge is 0.105 e. The maximum atomic E-state index is 5.02. The summed E-state index contributed by atoms with van der Waals surface area (Å²) >= 11 is 1.71. The van der Waals surface area contributed by atoms with Gasteiger partial charge in [-0.25, -0.2) is 4.98 Å². The number of fused-ring (bicyclic) bond motifs is 1. The van der Waals surface area contributed by atoms with E-state index in [1.54, 1.807) is 11.8 Å². The number of hydrogen-bond donors (Lipinski definition) is 0. The van der Waals surface area contributed by atoms with Gasteiger partial charge in [0.2, 0.25) is 0 Å². The Balaban J connectivity index is 2.19. The highest BCUT2D eigenvalue weighted by Crippen LogP contribution is 2.42. The maximum Gasteiger partial charge on any atom is 0.105 e. The maximum absolute atomic E-state index is 5.02. The number of rotatable bonds is 3. The lowest BCUT2D eigenvalue weighted by Crippen LogP contribution is -1.96. The van der Waals surface area contributed by atoms with Gasteiger partial charge in [0.25, 0.3) is 0 Å². The molecule has 2 heteroatoms. The van der Waals surface area contributed by atoms with Crippen LogP contribution in [0, 0.1) is 6.92 Å². The van der Waals surface area contributed by atoms with Crippen LogP contribution in [0.4, 0.5) is 0 Å². The lowest BCUT2D eigenvalue weighted by molar-refractivity contribution is 1.19. The number of aryl methyl sites for hydroxylation is 1. The fourth-order valence-corrected chi connectivity index (χ4v) is 3.94. The van der Waals surface area contributed by atoms with E-state index in [-0.39, 0.29) is 0 Å². The average Bonchev–Trinajstić information content (AvgIpc) is 2.68. The Morgan fingerprint density at radius 2 is 1.28 bits per heavy atom. The first kappa shape index (κ1) is 15.9. The third-order valence-electron chi connectivity index (χ3n) is 4.50. The van der Waals surface area contributed by atoms with Crippen LogP contribution in [0.15, 0.2) is 83.9 Å². The molecule has 0 spiro atoms. The predicted molar refractivity (Wildman–Crippen MR) is 109 cm³/mol. The van der Waals surface area contributed by atoms with E-state index in [2.05, 4.69) is 92.0 Å². The highest BCUT2D eigenvalue weighted by molar-refractivity contribution is 7.98. The third-order valence-corrected chi connectivity index (χ3v) is 5.18. The van der Waals surface area contributed by atoms with Crippen molar-refractivity contribution in [2.24, 2.45) is 0 Å². The van der Waals surface area contributed by atoms with Gasteiger partial charge in [0.15, 0.2) is 0 Å². The molecule has 4 rings (SSSR count). The first-order valence-corrected chi connectivity index (χ1v) is 9.60. The van der Waals surface area contributed by atoms with E-state index in [1.807, 2.05) is 0 Å². The summed E-state index contributed by atoms with van der Waals surface area (Å²) in [6.45, 7) is 2.14. The molecule has 0 amide bonds. The SMILES string of the molecule is CSc1nc2c(C)cccc2c(-c2ccccc2)c1-c1ccccc1. The molecule has 0 radical (unpaired) electrons. The summed E-state index contributed by atoms with van der Waals surface area (Å²) in [6.07, 6.45) is 2.10. The molecule has 0 aliphatic heterocycles. The Hall–Kier alpha value is -2.58. The molecule has 0 N–H and O–H groups in total. The van der Waals surface area contributed by atoms with Gasteiger partial charge in [-0.1, -0.05) is 78.9 Å². The molecule has 3 aromatic carbocycles. The molecule has 0 bridgehead atoms. The summed E-state index contributed by atoms with van der Waals surface area (Å²) in [5.74, 6) is 0. The minimum Gasteiger partial charge on any atom is -0.241 e. The fraction of sp³-hybridized carbons (Fsp3) is 0.0870. The van der Waals surface area contributed by atoms with Crippen LogP contribution in [0.5, 0.6) is 0 Å². The first-order valence-electron chi connectivity index (χ1n) is 8.37. The monoisotopic (exact) mass is 341 g/mol. The van der Waals surface area contributed by atoms with Gasteiger partial charge >= 0.3 is 0 Å². The molecule has 0 unspecified atom stereocenters. The number of thioether (sulfide) groups is 1. The fourth-order valence-electron chi connectivity index (χ4n) is 3.33. The molecule has 25 heavy (non-hydrogen) atoms. The number of aromatic nitrogens is 1. The van der Waals surface area contributed by atoms with Crippen molar-refractivity contribution >= 4 is 22.7 Å². The largest absolute Gasteiger partial charge is 0.241 e. The van der Waals surface area contributed by atoms with Crippen molar-refractivity contribution in [3.63, 3.8) is 0 Å². The molecular formula is C23H19NS. The van der Waals surface area contributed by atoms with Gasteiger partial charge in [0, 0.05) is 16.5 Å². The van der Waals surface area contributed by atoms with E-state index in [0.717, 1.165) is 10.5 Å². The number of hydrogen-bond acceptors (Lipinski definition) is 2. The lowest BCUT2D eigenvalue weighted by atomic mass is 9.92. The van der Waals surface area contributed by atoms with E-state index >= 15 is 0 Å². The normalized spacial score (nSPS) is 11.0. The molecule has 1 aromatic heterocycles. The summed E-state index contributed by atoms with van der Waals surface area (Å²) < 4.78 is 0. The van der Waals surface area contributed by atoms with Crippen molar-refractivity contribution in [2.75, 3.05) is 6.26 Å². The van der Waals surface area contributed by atoms with Gasteiger partial charge in [-0.2, -0.15) is 0 Å². The number of pyridine rings is 1. The van der Waals surface area contributed by atoms with Gasteiger partial charge < -0.3 is 0 Å². The quantitative estimate of drug-likeness (QED) is 0.389. The third kappa shape index (κ3) is 2.83. The van der Waals surface area contributed by atoms with Crippen molar-refractivity contribution in [1.82, 2.24) is 4.98 Å². The molecule has 0 atom stereocenters. The highest BCUT2D eigenvalue weighted by Gasteiger charge is 2.18. The summed E-state index contributed by atoms with van der Waals surface area (Å²) in [7, 11) is 0. The molecule has 0 fully saturated rings. The zero-order chi connectivity index (χ0) is 17.2. The van der Waals surface area contributed by atoms with Gasteiger partial charge in [-0.05, 0) is 29.9 Å². The zero-order valence-corrected chi connectivity index (χ0v) is 15.2. The Morgan fingerprint density at radius 3 is 1.88 bits per heavy atom. The molecule has 0 saturated carbocycles. The van der Waals surface area contributed by atoms with Crippen LogP contribution in [0.2, 0.25) is 0 Å². The molecule has 0 aliphatic rings. The van der Waals surface area contributed by atoms with E-state index in [1.165, 1.54) is 33.2 Å². The molecule has 1 nitrogen and oxygen atoms in total. The molecule has 0 aliphatic carbocycles. The summed E-state index contributed by atoms with van der Waals surface area (Å²) in [6, 6.07) is 27.7. The first-order chi connectivity index (χ1) is 12.3. The summed E-state index contributed by atoms with van der Waals surface area (Å²) in [5, 5.41) is 2.29. The Morgan fingerprint density at radius 1 is 0.680 bits per heavy atom. The Bertz CT molecular complexity index is 1020. The minimum atomic E-state index is 1.08. The van der Waals surface area contributed by atoms with Crippen LogP contribution in [0.1, 0.15) is 5.56 Å². The van der Waals surface area contributed by atoms with E-state index in [4.69, 9.17) is 4.98 Å². The van der Waals surface area contributed by atoms with E-state index < -0.39 is 0 Å². The van der Waals surface area contributed by atoms with Crippen LogP contribution in [0.3, 0.4) is 0 Å². The lowest BCUT2D eigenvalue weighted by Gasteiger charge is -2.18. The second-order valence-corrected chi connectivity index (χ2v) is 6.87. The minimum absolute atomic E-state index is 1.08. The summed E-state index contributed by atoms with van der Waals surface area (Å²) in [5.41, 5.74) is 7.23. The van der Waals surface area contributed by atoms with Crippen molar-refractivity contribution in [1.29, 1.82) is 0 Å². The van der Waals surface area contributed by atoms with Crippen LogP contribution in [0.25, 0.3) is 33.2 Å². The Kier molecular flexibility index (Phi) is 4.29. The predicted octanol–water partition coefficient (Wildman–Crippen LogP) is 6.60. The second kappa shape index (κ2) is 6.73. The standard InChI is InChI=1S/C23H19NS/c1-16-10-9-15-19-20(17-11-5-3-6-12-17)21(18-13-7-4-8-14-18)23(25-2)24-22(16)19/h3-15H,1-2H3. The van der Waals surface area contributed by atoms with E-state index in [9.17, 15) is 0 Å². The van der Waals surface area contributed by atoms with Gasteiger partial charge in [0.1, 0.15) is 5.03 Å². The van der Waals surface area contributed by atoms with Gasteiger partial charge in [-0.3, -0.25) is 0 Å². The van der Waals surface area contributed by atoms with Crippen LogP contribution in [-0.4, -0.2) is 11.2 Å². The van der Waals surface area contributed by atoms with Crippen molar-refractivity contribution < 1.29 is 0 Å². The molecule has 122 valence electrons. The van der Waals surface area contributed by atoms with Crippen LogP contribution >= 0.6 is 11.8 Å². The second-order valence-electron chi connectivity index (χ2n) is 6.07. The van der Waals surface area contributed by atoms with Crippen molar-refractivity contribution in [3.8, 4) is 22.3 Å². The number of nitrogens with zero attached hydrogens (tertiary/aromatic N) is 1. The number of para-hydroxylation sites is 1. The molecular weight excluding hydrogens is 322 g/mol. The summed E-state index contributed by atoms with van der Waals surface area (Å²) in [4.78, 5) is 5.02. The van der Waals surface area contributed by atoms with E-state index in [0.29, 0.717) is 0 Å². The average molecular weight is 341 g/mol. The van der Waals surface area contributed by atoms with Crippen molar-refractivity contribution in [3.05, 3.63) is 84.4 Å². The molecule has 1 heterocycles. The number of benzene rings is 3. The zero-order valence-electron chi connectivity index (χ0n) is 14.4. The Labute approximate surface area is 152 Å². The molecule has 0 saturated heterocycles.